The number of benzene rings is 2. The van der Waals surface area contributed by atoms with Crippen LogP contribution in [-0.4, -0.2) is 27.9 Å². The summed E-state index contributed by atoms with van der Waals surface area (Å²) in [5.74, 6) is 0.432. The summed E-state index contributed by atoms with van der Waals surface area (Å²) in [6.45, 7) is 2.17. The van der Waals surface area contributed by atoms with Crippen LogP contribution in [0.15, 0.2) is 58.5 Å². The Morgan fingerprint density at radius 1 is 1.22 bits per heavy atom. The lowest BCUT2D eigenvalue weighted by atomic mass is 10.2. The van der Waals surface area contributed by atoms with Crippen LogP contribution in [0, 0.1) is 0 Å². The van der Waals surface area contributed by atoms with Gasteiger partial charge in [-0.05, 0) is 43.7 Å². The molecule has 0 atom stereocenters. The number of fused-ring (bicyclic) bond motifs is 1. The molecule has 0 aliphatic rings. The van der Waals surface area contributed by atoms with Gasteiger partial charge in [0.05, 0.1) is 23.2 Å². The number of ether oxygens (including phenoxy) is 1. The van der Waals surface area contributed by atoms with Crippen molar-refractivity contribution in [1.29, 1.82) is 0 Å². The highest BCUT2D eigenvalue weighted by molar-refractivity contribution is 7.99. The summed E-state index contributed by atoms with van der Waals surface area (Å²) >= 11 is 7.55. The minimum atomic E-state index is -0.211. The van der Waals surface area contributed by atoms with Crippen LogP contribution in [0.25, 0.3) is 16.6 Å². The van der Waals surface area contributed by atoms with E-state index >= 15 is 0 Å². The molecule has 0 N–H and O–H groups in total. The maximum absolute atomic E-state index is 13.1. The van der Waals surface area contributed by atoms with Crippen molar-refractivity contribution in [3.05, 3.63) is 63.9 Å². The lowest BCUT2D eigenvalue weighted by molar-refractivity contribution is -0.143. The molecule has 0 unspecified atom stereocenters. The minimum Gasteiger partial charge on any atom is -0.466 e. The van der Waals surface area contributed by atoms with E-state index in [9.17, 15) is 9.59 Å². The number of rotatable bonds is 7. The Labute approximate surface area is 166 Å². The van der Waals surface area contributed by atoms with Gasteiger partial charge in [0, 0.05) is 17.2 Å². The summed E-state index contributed by atoms with van der Waals surface area (Å²) < 4.78 is 6.52. The van der Waals surface area contributed by atoms with Gasteiger partial charge in [-0.15, -0.1) is 0 Å². The standard InChI is InChI=1S/C20H19ClN2O3S/c1-2-26-18(24)11-6-12-27-20-22-17-10-4-3-9-16(17)19(25)23(20)15-8-5-7-14(21)13-15/h3-5,7-10,13H,2,6,11-12H2,1H3. The smallest absolute Gasteiger partial charge is 0.305 e. The van der Waals surface area contributed by atoms with Crippen LogP contribution in [0.2, 0.25) is 5.02 Å². The third-order valence-electron chi connectivity index (χ3n) is 3.87. The zero-order valence-electron chi connectivity index (χ0n) is 14.9. The lowest BCUT2D eigenvalue weighted by Crippen LogP contribution is -2.21. The number of aromatic nitrogens is 2. The van der Waals surface area contributed by atoms with Crippen LogP contribution < -0.4 is 5.56 Å². The van der Waals surface area contributed by atoms with E-state index < -0.39 is 0 Å². The van der Waals surface area contributed by atoms with E-state index in [1.807, 2.05) is 24.3 Å². The number of esters is 1. The number of halogens is 1. The average molecular weight is 403 g/mol. The first kappa shape index (κ1) is 19.5. The van der Waals surface area contributed by atoms with Crippen LogP contribution in [-0.2, 0) is 9.53 Å². The molecule has 3 aromatic rings. The van der Waals surface area contributed by atoms with Crippen molar-refractivity contribution < 1.29 is 9.53 Å². The fraction of sp³-hybridized carbons (Fsp3) is 0.250. The lowest BCUT2D eigenvalue weighted by Gasteiger charge is -2.13. The summed E-state index contributed by atoms with van der Waals surface area (Å²) in [6.07, 6.45) is 0.984. The zero-order valence-corrected chi connectivity index (χ0v) is 16.4. The summed E-state index contributed by atoms with van der Waals surface area (Å²) in [5.41, 5.74) is 1.17. The maximum atomic E-state index is 13.1. The molecule has 0 aliphatic heterocycles. The second-order valence-corrected chi connectivity index (χ2v) is 7.29. The van der Waals surface area contributed by atoms with Crippen LogP contribution in [0.1, 0.15) is 19.8 Å². The van der Waals surface area contributed by atoms with Crippen molar-refractivity contribution in [2.75, 3.05) is 12.4 Å². The number of hydrogen-bond donors (Lipinski definition) is 0. The van der Waals surface area contributed by atoms with Crippen molar-refractivity contribution in [2.45, 2.75) is 24.9 Å². The summed E-state index contributed by atoms with van der Waals surface area (Å²) in [4.78, 5) is 29.2. The molecule has 1 aromatic heterocycles. The second-order valence-electron chi connectivity index (χ2n) is 5.79. The van der Waals surface area contributed by atoms with Gasteiger partial charge in [-0.1, -0.05) is 41.6 Å². The van der Waals surface area contributed by atoms with Gasteiger partial charge in [0.15, 0.2) is 5.16 Å². The van der Waals surface area contributed by atoms with Crippen molar-refractivity contribution >= 4 is 40.2 Å². The number of thioether (sulfide) groups is 1. The Morgan fingerprint density at radius 2 is 2.04 bits per heavy atom. The number of carbonyl (C=O) groups is 1. The van der Waals surface area contributed by atoms with Gasteiger partial charge >= 0.3 is 5.97 Å². The maximum Gasteiger partial charge on any atom is 0.305 e. The molecular formula is C20H19ClN2O3S. The molecule has 0 amide bonds. The fourth-order valence-electron chi connectivity index (χ4n) is 2.67. The Hall–Kier alpha value is -2.31. The predicted molar refractivity (Wildman–Crippen MR) is 109 cm³/mol. The molecule has 27 heavy (non-hydrogen) atoms. The molecule has 0 saturated carbocycles. The Bertz CT molecular complexity index is 1020. The highest BCUT2D eigenvalue weighted by Gasteiger charge is 2.13. The average Bonchev–Trinajstić information content (AvgIpc) is 2.65. The monoisotopic (exact) mass is 402 g/mol. The van der Waals surface area contributed by atoms with Crippen LogP contribution in [0.5, 0.6) is 0 Å². The van der Waals surface area contributed by atoms with Crippen molar-refractivity contribution in [3.63, 3.8) is 0 Å². The van der Waals surface area contributed by atoms with E-state index in [0.29, 0.717) is 52.0 Å². The molecule has 5 nitrogen and oxygen atoms in total. The highest BCUT2D eigenvalue weighted by atomic mass is 35.5. The van der Waals surface area contributed by atoms with Crippen molar-refractivity contribution in [3.8, 4) is 5.69 Å². The van der Waals surface area contributed by atoms with E-state index in [1.54, 1.807) is 35.8 Å². The van der Waals surface area contributed by atoms with Gasteiger partial charge in [-0.3, -0.25) is 14.2 Å². The van der Waals surface area contributed by atoms with Gasteiger partial charge in [0.1, 0.15) is 0 Å². The SMILES string of the molecule is CCOC(=O)CCCSc1nc2ccccc2c(=O)n1-c1cccc(Cl)c1. The molecule has 1 heterocycles. The number of hydrogen-bond acceptors (Lipinski definition) is 5. The molecule has 0 saturated heterocycles. The van der Waals surface area contributed by atoms with E-state index in [1.165, 1.54) is 11.8 Å². The van der Waals surface area contributed by atoms with Crippen molar-refractivity contribution in [2.24, 2.45) is 0 Å². The quantitative estimate of drug-likeness (QED) is 0.252. The number of nitrogens with zero attached hydrogens (tertiary/aromatic N) is 2. The summed E-state index contributed by atoms with van der Waals surface area (Å²) in [6, 6.07) is 14.4. The molecule has 0 spiro atoms. The van der Waals surface area contributed by atoms with E-state index in [2.05, 4.69) is 4.98 Å². The number of para-hydroxylation sites is 1. The van der Waals surface area contributed by atoms with Gasteiger partial charge in [-0.2, -0.15) is 0 Å². The highest BCUT2D eigenvalue weighted by Crippen LogP contribution is 2.23. The molecule has 7 heteroatoms. The van der Waals surface area contributed by atoms with Gasteiger partial charge in [0.25, 0.3) is 5.56 Å². The van der Waals surface area contributed by atoms with Gasteiger partial charge in [-0.25, -0.2) is 4.98 Å². The molecule has 0 radical (unpaired) electrons. The van der Waals surface area contributed by atoms with E-state index in [4.69, 9.17) is 16.3 Å². The topological polar surface area (TPSA) is 61.2 Å². The van der Waals surface area contributed by atoms with Crippen molar-refractivity contribution in [1.82, 2.24) is 9.55 Å². The molecule has 140 valence electrons. The largest absolute Gasteiger partial charge is 0.466 e. The molecule has 2 aromatic carbocycles. The summed E-state index contributed by atoms with van der Waals surface area (Å²) in [7, 11) is 0. The molecule has 0 bridgehead atoms. The van der Waals surface area contributed by atoms with Gasteiger partial charge < -0.3 is 4.74 Å². The first-order chi connectivity index (χ1) is 13.1. The first-order valence-corrected chi connectivity index (χ1v) is 10.0. The third kappa shape index (κ3) is 4.70. The molecule has 0 fully saturated rings. The predicted octanol–water partition coefficient (Wildman–Crippen LogP) is 4.47. The zero-order chi connectivity index (χ0) is 19.2. The molecule has 0 aliphatic carbocycles. The van der Waals surface area contributed by atoms with Crippen LogP contribution in [0.3, 0.4) is 0 Å². The minimum absolute atomic E-state index is 0.143. The van der Waals surface area contributed by atoms with Crippen LogP contribution in [0.4, 0.5) is 0 Å². The Balaban J connectivity index is 1.94. The fourth-order valence-corrected chi connectivity index (χ4v) is 3.80. The van der Waals surface area contributed by atoms with E-state index in [0.717, 1.165) is 0 Å². The number of carbonyl (C=O) groups excluding carboxylic acids is 1. The Kier molecular flexibility index (Phi) is 6.53. The molecule has 3 rings (SSSR count). The third-order valence-corrected chi connectivity index (χ3v) is 5.13. The first-order valence-electron chi connectivity index (χ1n) is 8.66. The second kappa shape index (κ2) is 9.06. The normalized spacial score (nSPS) is 10.9. The Morgan fingerprint density at radius 3 is 2.81 bits per heavy atom. The van der Waals surface area contributed by atoms with Crippen LogP contribution >= 0.6 is 23.4 Å². The summed E-state index contributed by atoms with van der Waals surface area (Å²) in [5, 5.41) is 1.67. The molecular weight excluding hydrogens is 384 g/mol. The van der Waals surface area contributed by atoms with E-state index in [-0.39, 0.29) is 11.5 Å². The van der Waals surface area contributed by atoms with Gasteiger partial charge in [0.2, 0.25) is 0 Å².